The molecule has 1 atom stereocenters. The summed E-state index contributed by atoms with van der Waals surface area (Å²) in [5.41, 5.74) is 2.42. The minimum atomic E-state index is -4.42. The lowest BCUT2D eigenvalue weighted by molar-refractivity contribution is -0.153. The fraction of sp³-hybridized carbons (Fsp3) is 0.294. The number of hydrogen-bond acceptors (Lipinski definition) is 4. The molecule has 0 bridgehead atoms. The Morgan fingerprint density at radius 3 is 2.65 bits per heavy atom. The largest absolute Gasteiger partial charge is 0.484 e. The minimum Gasteiger partial charge on any atom is -0.484 e. The number of aromatic nitrogens is 3. The number of pyridine rings is 1. The maximum absolute atomic E-state index is 12.8. The topological polar surface area (TPSA) is 57.0 Å². The average molecular weight is 382 g/mol. The molecule has 2 heterocycles. The molecule has 26 heavy (non-hydrogen) atoms. The molecule has 0 aliphatic carbocycles. The molecule has 0 N–H and O–H groups in total. The van der Waals surface area contributed by atoms with Gasteiger partial charge in [0.25, 0.3) is 0 Å². The van der Waals surface area contributed by atoms with Crippen LogP contribution in [-0.2, 0) is 23.6 Å². The van der Waals surface area contributed by atoms with Crippen LogP contribution in [0.1, 0.15) is 11.3 Å². The van der Waals surface area contributed by atoms with E-state index in [-0.39, 0.29) is 11.5 Å². The Kier molecular flexibility index (Phi) is 4.99. The molecular formula is C17H16F3N3O2S. The van der Waals surface area contributed by atoms with Gasteiger partial charge < -0.3 is 9.30 Å². The maximum Gasteiger partial charge on any atom is 0.422 e. The second-order valence-corrected chi connectivity index (χ2v) is 7.06. The van der Waals surface area contributed by atoms with Gasteiger partial charge >= 0.3 is 6.18 Å². The van der Waals surface area contributed by atoms with Crippen LogP contribution in [0, 0.1) is 6.92 Å². The van der Waals surface area contributed by atoms with E-state index < -0.39 is 23.6 Å². The van der Waals surface area contributed by atoms with Gasteiger partial charge in [-0.25, -0.2) is 4.98 Å². The summed E-state index contributed by atoms with van der Waals surface area (Å²) >= 11 is 0. The molecule has 1 unspecified atom stereocenters. The van der Waals surface area contributed by atoms with Crippen molar-refractivity contribution in [3.8, 4) is 5.75 Å². The van der Waals surface area contributed by atoms with E-state index in [1.807, 2.05) is 24.3 Å². The summed E-state index contributed by atoms with van der Waals surface area (Å²) in [6.07, 6.45) is -3.08. The van der Waals surface area contributed by atoms with Gasteiger partial charge in [-0.1, -0.05) is 12.1 Å². The number of benzene rings is 1. The van der Waals surface area contributed by atoms with Gasteiger partial charge in [-0.2, -0.15) is 13.2 Å². The van der Waals surface area contributed by atoms with E-state index in [4.69, 9.17) is 4.74 Å². The van der Waals surface area contributed by atoms with Gasteiger partial charge in [0, 0.05) is 18.8 Å². The zero-order valence-corrected chi connectivity index (χ0v) is 14.9. The molecular weight excluding hydrogens is 366 g/mol. The van der Waals surface area contributed by atoms with E-state index >= 15 is 0 Å². The summed E-state index contributed by atoms with van der Waals surface area (Å²) in [5, 5.41) is 0.383. The SMILES string of the molecule is Cc1c(OCC(F)(F)F)ccnc1CS(=O)c1nc2ccccc2n1[11CH3]. The highest BCUT2D eigenvalue weighted by Gasteiger charge is 2.29. The number of imidazole rings is 1. The molecule has 1 aromatic carbocycles. The van der Waals surface area contributed by atoms with E-state index in [1.54, 1.807) is 18.5 Å². The highest BCUT2D eigenvalue weighted by Crippen LogP contribution is 2.25. The molecule has 0 fully saturated rings. The Balaban J connectivity index is 1.84. The Hall–Kier alpha value is -2.42. The first-order chi connectivity index (χ1) is 12.3. The fourth-order valence-electron chi connectivity index (χ4n) is 2.54. The van der Waals surface area contributed by atoms with Crippen molar-refractivity contribution in [1.29, 1.82) is 0 Å². The first kappa shape index (κ1) is 18.4. The normalized spacial score (nSPS) is 13.1. The molecule has 3 aromatic rings. The van der Waals surface area contributed by atoms with Crippen LogP contribution in [0.25, 0.3) is 11.0 Å². The number of ether oxygens (including phenoxy) is 1. The minimum absolute atomic E-state index is 0.0339. The molecule has 2 aromatic heterocycles. The lowest BCUT2D eigenvalue weighted by Crippen LogP contribution is -2.20. The van der Waals surface area contributed by atoms with Crippen LogP contribution in [0.2, 0.25) is 0 Å². The second-order valence-electron chi connectivity index (χ2n) is 5.72. The summed E-state index contributed by atoms with van der Waals surface area (Å²) in [6.45, 7) is 0.214. The van der Waals surface area contributed by atoms with Crippen molar-refractivity contribution >= 4 is 21.8 Å². The standard InChI is InChI=1S/C17H16F3N3O2S/c1-11-13(21-8-7-15(11)25-10-17(18,19)20)9-26(24)16-22-12-5-3-4-6-14(12)23(16)2/h3-8H,9-10H2,1-2H3/i2-1. The van der Waals surface area contributed by atoms with Crippen LogP contribution in [0.15, 0.2) is 41.7 Å². The van der Waals surface area contributed by atoms with Crippen molar-refractivity contribution in [3.05, 3.63) is 47.8 Å². The van der Waals surface area contributed by atoms with Crippen LogP contribution in [-0.4, -0.2) is 31.5 Å². The van der Waals surface area contributed by atoms with Crippen molar-refractivity contribution < 1.29 is 22.1 Å². The van der Waals surface area contributed by atoms with Crippen molar-refractivity contribution in [2.45, 2.75) is 24.0 Å². The van der Waals surface area contributed by atoms with E-state index in [0.717, 1.165) is 11.0 Å². The van der Waals surface area contributed by atoms with Gasteiger partial charge in [0.2, 0.25) is 0 Å². The Morgan fingerprint density at radius 2 is 1.96 bits per heavy atom. The second kappa shape index (κ2) is 7.06. The molecule has 5 nitrogen and oxygen atoms in total. The fourth-order valence-corrected chi connectivity index (χ4v) is 3.81. The molecule has 0 radical (unpaired) electrons. The number of rotatable bonds is 5. The maximum atomic E-state index is 12.8. The third-order valence-electron chi connectivity index (χ3n) is 3.87. The van der Waals surface area contributed by atoms with E-state index in [0.29, 0.717) is 16.4 Å². The molecule has 0 saturated heterocycles. The molecule has 3 rings (SSSR count). The lowest BCUT2D eigenvalue weighted by atomic mass is 10.2. The number of alkyl halides is 3. The molecule has 0 amide bonds. The highest BCUT2D eigenvalue weighted by molar-refractivity contribution is 7.84. The van der Waals surface area contributed by atoms with Crippen molar-refractivity contribution in [2.75, 3.05) is 6.61 Å². The molecule has 0 aliphatic rings. The average Bonchev–Trinajstić information content (AvgIpc) is 2.92. The highest BCUT2D eigenvalue weighted by atomic mass is 32.2. The van der Waals surface area contributed by atoms with E-state index in [2.05, 4.69) is 9.97 Å². The Morgan fingerprint density at radius 1 is 1.23 bits per heavy atom. The first-order valence-corrected chi connectivity index (χ1v) is 9.02. The summed E-state index contributed by atoms with van der Waals surface area (Å²) < 4.78 is 56.4. The van der Waals surface area contributed by atoms with Crippen LogP contribution < -0.4 is 4.74 Å². The third-order valence-corrected chi connectivity index (χ3v) is 5.18. The summed E-state index contributed by atoms with van der Waals surface area (Å²) in [7, 11) is 0.263. The molecule has 9 heteroatoms. The third kappa shape index (κ3) is 3.87. The van der Waals surface area contributed by atoms with Gasteiger partial charge in [-0.05, 0) is 25.1 Å². The van der Waals surface area contributed by atoms with E-state index in [1.165, 1.54) is 12.3 Å². The van der Waals surface area contributed by atoms with Crippen LogP contribution in [0.4, 0.5) is 13.2 Å². The van der Waals surface area contributed by atoms with Gasteiger partial charge in [-0.15, -0.1) is 0 Å². The molecule has 138 valence electrons. The summed E-state index contributed by atoms with van der Waals surface area (Å²) in [4.78, 5) is 8.53. The smallest absolute Gasteiger partial charge is 0.422 e. The van der Waals surface area contributed by atoms with Crippen LogP contribution >= 0.6 is 0 Å². The van der Waals surface area contributed by atoms with Crippen LogP contribution in [0.5, 0.6) is 5.75 Å². The summed E-state index contributed by atoms with van der Waals surface area (Å²) in [5.74, 6) is 0.112. The van der Waals surface area contributed by atoms with Crippen molar-refractivity contribution in [2.24, 2.45) is 7.05 Å². The quantitative estimate of drug-likeness (QED) is 0.678. The number of para-hydroxylation sites is 2. The predicted octanol–water partition coefficient (Wildman–Crippen LogP) is 3.53. The van der Waals surface area contributed by atoms with Crippen molar-refractivity contribution in [3.63, 3.8) is 0 Å². The zero-order chi connectivity index (χ0) is 18.9. The van der Waals surface area contributed by atoms with Gasteiger partial charge in [0.1, 0.15) is 5.75 Å². The van der Waals surface area contributed by atoms with Crippen LogP contribution in [0.3, 0.4) is 0 Å². The number of aryl methyl sites for hydroxylation is 1. The molecule has 0 aliphatic heterocycles. The Labute approximate surface area is 150 Å². The van der Waals surface area contributed by atoms with Crippen molar-refractivity contribution in [1.82, 2.24) is 14.5 Å². The number of fused-ring (bicyclic) bond motifs is 1. The number of nitrogens with zero attached hydrogens (tertiary/aromatic N) is 3. The predicted molar refractivity (Wildman–Crippen MR) is 91.4 cm³/mol. The monoisotopic (exact) mass is 382 g/mol. The molecule has 0 spiro atoms. The van der Waals surface area contributed by atoms with E-state index in [9.17, 15) is 17.4 Å². The molecule has 0 saturated carbocycles. The lowest BCUT2D eigenvalue weighted by Gasteiger charge is -2.13. The van der Waals surface area contributed by atoms with Gasteiger partial charge in [0.15, 0.2) is 11.8 Å². The number of halogens is 3. The number of hydrogen-bond donors (Lipinski definition) is 0. The van der Waals surface area contributed by atoms with Gasteiger partial charge in [-0.3, -0.25) is 9.19 Å². The first-order valence-electron chi connectivity index (χ1n) is 7.70. The Bertz CT molecular complexity index is 970. The summed E-state index contributed by atoms with van der Waals surface area (Å²) in [6, 6.07) is 8.77. The van der Waals surface area contributed by atoms with Gasteiger partial charge in [0.05, 0.1) is 33.3 Å². The zero-order valence-electron chi connectivity index (χ0n) is 14.1.